The first-order valence-corrected chi connectivity index (χ1v) is 9.14. The van der Waals surface area contributed by atoms with Crippen molar-refractivity contribution in [2.24, 2.45) is 4.99 Å². The minimum Gasteiger partial charge on any atom is -0.494 e. The highest BCUT2D eigenvalue weighted by molar-refractivity contribution is 14.0. The maximum atomic E-state index is 5.90. The number of guanidine groups is 1. The smallest absolute Gasteiger partial charge is 0.191 e. The average molecular weight is 459 g/mol. The van der Waals surface area contributed by atoms with Crippen molar-refractivity contribution in [3.8, 4) is 5.75 Å². The summed E-state index contributed by atoms with van der Waals surface area (Å²) in [6, 6.07) is 8.57. The molecule has 0 saturated carbocycles. The summed E-state index contributed by atoms with van der Waals surface area (Å²) in [5, 5.41) is 6.86. The molecule has 2 aliphatic heterocycles. The van der Waals surface area contributed by atoms with E-state index in [1.165, 1.54) is 18.4 Å². The zero-order chi connectivity index (χ0) is 16.8. The number of nitrogens with one attached hydrogen (secondary N) is 2. The standard InChI is InChI=1S/C19H29N3O2.HI/c1-3-20-19(22-17-13-16-9-10-18(17)24-16)21-11-4-12-23-15-7-5-14(2)6-8-15;/h5-8,16-18H,3-4,9-13H2,1-2H3,(H2,20,21,22);1H. The Labute approximate surface area is 168 Å². The fraction of sp³-hybridized carbons (Fsp3) is 0.632. The van der Waals surface area contributed by atoms with Gasteiger partial charge in [-0.25, -0.2) is 0 Å². The molecule has 140 valence electrons. The van der Waals surface area contributed by atoms with Gasteiger partial charge in [-0.3, -0.25) is 4.99 Å². The predicted molar refractivity (Wildman–Crippen MR) is 112 cm³/mol. The fourth-order valence-electron chi connectivity index (χ4n) is 3.37. The lowest BCUT2D eigenvalue weighted by molar-refractivity contribution is 0.0992. The first kappa shape index (κ1) is 20.3. The third kappa shape index (κ3) is 6.02. The molecule has 3 atom stereocenters. The van der Waals surface area contributed by atoms with E-state index in [0.717, 1.165) is 37.6 Å². The molecule has 25 heavy (non-hydrogen) atoms. The lowest BCUT2D eigenvalue weighted by atomic mass is 9.96. The number of ether oxygens (including phenoxy) is 2. The second-order valence-corrected chi connectivity index (χ2v) is 6.64. The molecule has 0 aromatic heterocycles. The van der Waals surface area contributed by atoms with E-state index in [-0.39, 0.29) is 24.0 Å². The quantitative estimate of drug-likeness (QED) is 0.285. The Kier molecular flexibility index (Phi) is 8.29. The predicted octanol–water partition coefficient (Wildman–Crippen LogP) is 3.26. The van der Waals surface area contributed by atoms with Crippen molar-refractivity contribution in [3.63, 3.8) is 0 Å². The molecular weight excluding hydrogens is 429 g/mol. The molecule has 3 rings (SSSR count). The van der Waals surface area contributed by atoms with Crippen LogP contribution in [0.15, 0.2) is 29.3 Å². The first-order valence-electron chi connectivity index (χ1n) is 9.14. The van der Waals surface area contributed by atoms with Crippen LogP contribution in [0.3, 0.4) is 0 Å². The summed E-state index contributed by atoms with van der Waals surface area (Å²) in [5.74, 6) is 1.82. The molecule has 2 N–H and O–H groups in total. The summed E-state index contributed by atoms with van der Waals surface area (Å²) < 4.78 is 11.6. The maximum absolute atomic E-state index is 5.90. The van der Waals surface area contributed by atoms with E-state index >= 15 is 0 Å². The number of aryl methyl sites for hydroxylation is 1. The maximum Gasteiger partial charge on any atom is 0.191 e. The van der Waals surface area contributed by atoms with Crippen LogP contribution in [0.2, 0.25) is 0 Å². The molecule has 2 heterocycles. The number of aliphatic imine (C=N–C) groups is 1. The van der Waals surface area contributed by atoms with Crippen molar-refractivity contribution in [2.45, 2.75) is 57.8 Å². The van der Waals surface area contributed by atoms with Crippen LogP contribution in [0.4, 0.5) is 0 Å². The molecule has 3 unspecified atom stereocenters. The number of halogens is 1. The number of benzene rings is 1. The van der Waals surface area contributed by atoms with Crippen LogP contribution >= 0.6 is 24.0 Å². The van der Waals surface area contributed by atoms with Gasteiger partial charge in [0.2, 0.25) is 0 Å². The van der Waals surface area contributed by atoms with Crippen molar-refractivity contribution < 1.29 is 9.47 Å². The molecule has 1 aromatic rings. The van der Waals surface area contributed by atoms with E-state index < -0.39 is 0 Å². The highest BCUT2D eigenvalue weighted by Gasteiger charge is 2.41. The summed E-state index contributed by atoms with van der Waals surface area (Å²) in [4.78, 5) is 4.66. The minimum atomic E-state index is 0. The Balaban J connectivity index is 0.00000225. The van der Waals surface area contributed by atoms with Gasteiger partial charge < -0.3 is 20.1 Å². The van der Waals surface area contributed by atoms with Crippen LogP contribution in [0.1, 0.15) is 38.2 Å². The van der Waals surface area contributed by atoms with Crippen molar-refractivity contribution in [3.05, 3.63) is 29.8 Å². The zero-order valence-electron chi connectivity index (χ0n) is 15.2. The van der Waals surface area contributed by atoms with E-state index in [4.69, 9.17) is 9.47 Å². The third-order valence-corrected chi connectivity index (χ3v) is 4.63. The number of fused-ring (bicyclic) bond motifs is 2. The molecule has 0 radical (unpaired) electrons. The summed E-state index contributed by atoms with van der Waals surface area (Å²) in [5.41, 5.74) is 1.25. The van der Waals surface area contributed by atoms with Gasteiger partial charge in [0.05, 0.1) is 24.9 Å². The van der Waals surface area contributed by atoms with E-state index in [0.29, 0.717) is 24.9 Å². The zero-order valence-corrected chi connectivity index (χ0v) is 17.5. The van der Waals surface area contributed by atoms with Crippen molar-refractivity contribution >= 4 is 29.9 Å². The van der Waals surface area contributed by atoms with Crippen molar-refractivity contribution in [1.82, 2.24) is 10.6 Å². The molecule has 0 spiro atoms. The molecule has 1 aromatic carbocycles. The van der Waals surface area contributed by atoms with Crippen LogP contribution in [0.5, 0.6) is 5.75 Å². The fourth-order valence-corrected chi connectivity index (χ4v) is 3.37. The first-order chi connectivity index (χ1) is 11.7. The largest absolute Gasteiger partial charge is 0.494 e. The van der Waals surface area contributed by atoms with E-state index in [9.17, 15) is 0 Å². The lowest BCUT2D eigenvalue weighted by Gasteiger charge is -2.22. The number of nitrogens with zero attached hydrogens (tertiary/aromatic N) is 1. The Hall–Kier alpha value is -1.02. The van der Waals surface area contributed by atoms with Crippen molar-refractivity contribution in [2.75, 3.05) is 19.7 Å². The summed E-state index contributed by atoms with van der Waals surface area (Å²) in [6.45, 7) is 6.48. The van der Waals surface area contributed by atoms with Gasteiger partial charge in [-0.2, -0.15) is 0 Å². The number of rotatable bonds is 7. The molecule has 0 amide bonds. The summed E-state index contributed by atoms with van der Waals surface area (Å²) >= 11 is 0. The Morgan fingerprint density at radius 1 is 1.28 bits per heavy atom. The lowest BCUT2D eigenvalue weighted by Crippen LogP contribution is -2.47. The Morgan fingerprint density at radius 2 is 2.08 bits per heavy atom. The summed E-state index contributed by atoms with van der Waals surface area (Å²) in [7, 11) is 0. The van der Waals surface area contributed by atoms with Gasteiger partial charge in [0, 0.05) is 19.5 Å². The Morgan fingerprint density at radius 3 is 2.72 bits per heavy atom. The third-order valence-electron chi connectivity index (χ3n) is 4.63. The molecule has 2 bridgehead atoms. The Bertz CT molecular complexity index is 550. The van der Waals surface area contributed by atoms with Gasteiger partial charge in [0.15, 0.2) is 5.96 Å². The average Bonchev–Trinajstić information content (AvgIpc) is 3.19. The van der Waals surface area contributed by atoms with Crippen LogP contribution in [0.25, 0.3) is 0 Å². The number of hydrogen-bond donors (Lipinski definition) is 2. The summed E-state index contributed by atoms with van der Waals surface area (Å²) in [6.07, 6.45) is 5.21. The van der Waals surface area contributed by atoms with Gasteiger partial charge >= 0.3 is 0 Å². The van der Waals surface area contributed by atoms with E-state index in [1.807, 2.05) is 12.1 Å². The molecule has 6 heteroatoms. The molecule has 2 fully saturated rings. The molecule has 0 aliphatic carbocycles. The topological polar surface area (TPSA) is 54.9 Å². The minimum absolute atomic E-state index is 0. The van der Waals surface area contributed by atoms with E-state index in [2.05, 4.69) is 41.6 Å². The molecular formula is C19H30IN3O2. The highest BCUT2D eigenvalue weighted by atomic mass is 127. The van der Waals surface area contributed by atoms with Crippen LogP contribution in [-0.4, -0.2) is 43.9 Å². The van der Waals surface area contributed by atoms with Crippen LogP contribution < -0.4 is 15.4 Å². The number of hydrogen-bond acceptors (Lipinski definition) is 3. The van der Waals surface area contributed by atoms with Crippen LogP contribution in [0, 0.1) is 6.92 Å². The second kappa shape index (κ2) is 10.2. The molecule has 2 aliphatic rings. The highest BCUT2D eigenvalue weighted by Crippen LogP contribution is 2.34. The monoisotopic (exact) mass is 459 g/mol. The van der Waals surface area contributed by atoms with Gasteiger partial charge in [0.1, 0.15) is 5.75 Å². The van der Waals surface area contributed by atoms with Crippen LogP contribution in [-0.2, 0) is 4.74 Å². The van der Waals surface area contributed by atoms with Gasteiger partial charge in [0.25, 0.3) is 0 Å². The van der Waals surface area contributed by atoms with Gasteiger partial charge in [-0.15, -0.1) is 24.0 Å². The van der Waals surface area contributed by atoms with E-state index in [1.54, 1.807) is 0 Å². The van der Waals surface area contributed by atoms with Gasteiger partial charge in [-0.05, 0) is 45.2 Å². The molecule has 5 nitrogen and oxygen atoms in total. The van der Waals surface area contributed by atoms with Crippen molar-refractivity contribution in [1.29, 1.82) is 0 Å². The normalized spacial score (nSPS) is 24.7. The molecule has 2 saturated heterocycles. The van der Waals surface area contributed by atoms with Gasteiger partial charge in [-0.1, -0.05) is 17.7 Å². The SMILES string of the molecule is CCNC(=NCCCOc1ccc(C)cc1)NC1CC2CCC1O2.I. The second-order valence-electron chi connectivity index (χ2n) is 6.64.